The predicted molar refractivity (Wildman–Crippen MR) is 86.7 cm³/mol. The van der Waals surface area contributed by atoms with Gasteiger partial charge in [-0.1, -0.05) is 0 Å². The average molecular weight is 402 g/mol. The molecule has 0 saturated heterocycles. The van der Waals surface area contributed by atoms with E-state index in [2.05, 4.69) is 9.97 Å². The summed E-state index contributed by atoms with van der Waals surface area (Å²) in [5, 5.41) is 0. The van der Waals surface area contributed by atoms with Crippen LogP contribution < -0.4 is 0 Å². The van der Waals surface area contributed by atoms with Gasteiger partial charge in [-0.25, -0.2) is 9.37 Å². The van der Waals surface area contributed by atoms with Crippen LogP contribution in [0.2, 0.25) is 0 Å². The van der Waals surface area contributed by atoms with Gasteiger partial charge >= 0.3 is 0 Å². The Labute approximate surface area is 133 Å². The van der Waals surface area contributed by atoms with Gasteiger partial charge in [0.25, 0.3) is 0 Å². The van der Waals surface area contributed by atoms with Gasteiger partial charge in [0.2, 0.25) is 0 Å². The van der Waals surface area contributed by atoms with E-state index in [0.717, 1.165) is 23.3 Å². The summed E-state index contributed by atoms with van der Waals surface area (Å²) in [4.78, 5) is 7.41. The highest BCUT2D eigenvalue weighted by Crippen LogP contribution is 2.21. The van der Waals surface area contributed by atoms with Crippen LogP contribution in [0.25, 0.3) is 11.0 Å². The van der Waals surface area contributed by atoms with Gasteiger partial charge in [0, 0.05) is 38.5 Å². The third-order valence-corrected chi connectivity index (χ3v) is 4.45. The molecule has 0 bridgehead atoms. The summed E-state index contributed by atoms with van der Waals surface area (Å²) in [5.74, 6) is 0.755. The number of aryl methyl sites for hydroxylation is 3. The van der Waals surface area contributed by atoms with Crippen molar-refractivity contribution in [2.45, 2.75) is 13.0 Å². The van der Waals surface area contributed by atoms with E-state index in [9.17, 15) is 4.39 Å². The molecule has 0 aliphatic heterocycles. The monoisotopic (exact) mass is 402 g/mol. The normalized spacial score (nSPS) is 11.3. The first-order valence-corrected chi connectivity index (χ1v) is 7.58. The fourth-order valence-electron chi connectivity index (χ4n) is 2.22. The Morgan fingerprint density at radius 2 is 2.25 bits per heavy atom. The van der Waals surface area contributed by atoms with E-state index < -0.39 is 0 Å². The first-order chi connectivity index (χ1) is 9.56. The van der Waals surface area contributed by atoms with Crippen molar-refractivity contribution in [3.05, 3.63) is 44.5 Å². The maximum atomic E-state index is 13.7. The summed E-state index contributed by atoms with van der Waals surface area (Å²) < 4.78 is 18.8. The molecule has 0 atom stereocenters. The number of rotatable bonds is 3. The van der Waals surface area contributed by atoms with E-state index >= 15 is 0 Å². The lowest BCUT2D eigenvalue weighted by molar-refractivity contribution is 0.618. The topological polar surface area (TPSA) is 38.5 Å². The summed E-state index contributed by atoms with van der Waals surface area (Å²) in [5.41, 5.74) is 1.66. The Morgan fingerprint density at radius 3 is 2.95 bits per heavy atom. The van der Waals surface area contributed by atoms with Crippen LogP contribution in [0.1, 0.15) is 5.82 Å². The van der Waals surface area contributed by atoms with Crippen molar-refractivity contribution in [2.24, 2.45) is 7.05 Å². The molecule has 20 heavy (non-hydrogen) atoms. The van der Waals surface area contributed by atoms with E-state index in [1.165, 1.54) is 6.07 Å². The fourth-order valence-corrected chi connectivity index (χ4v) is 2.99. The molecule has 0 spiro atoms. The molecule has 3 rings (SSSR count). The molecule has 0 saturated carbocycles. The van der Waals surface area contributed by atoms with Crippen LogP contribution in [-0.4, -0.2) is 19.1 Å². The molecule has 0 unspecified atom stereocenters. The van der Waals surface area contributed by atoms with Crippen LogP contribution >= 0.6 is 34.8 Å². The van der Waals surface area contributed by atoms with E-state index in [1.807, 2.05) is 45.0 Å². The Kier molecular flexibility index (Phi) is 3.63. The zero-order valence-corrected chi connectivity index (χ0v) is 13.7. The summed E-state index contributed by atoms with van der Waals surface area (Å²) in [6.07, 6.45) is 4.43. The Hall–Kier alpha value is -1.22. The minimum Gasteiger partial charge on any atom is -0.338 e. The number of hydrogen-bond acceptors (Lipinski definition) is 2. The van der Waals surface area contributed by atoms with Gasteiger partial charge in [0.05, 0.1) is 14.6 Å². The molecule has 2 heterocycles. The number of nitrogens with zero attached hydrogens (tertiary/aromatic N) is 3. The second-order valence-electron chi connectivity index (χ2n) is 4.57. The predicted octanol–water partition coefficient (Wildman–Crippen LogP) is 3.42. The largest absolute Gasteiger partial charge is 0.338 e. The minimum atomic E-state index is -0.224. The standard InChI is InChI=1S/C13H12FIN4S/c1-18-5-3-16-12(18)2-4-19-11-6-8(14)9(15)7-10(11)17-13(19)20/h3,5-7H,2,4H2,1H3,(H,17,20). The zero-order chi connectivity index (χ0) is 14.3. The third-order valence-electron chi connectivity index (χ3n) is 3.30. The van der Waals surface area contributed by atoms with E-state index in [-0.39, 0.29) is 5.82 Å². The third kappa shape index (κ3) is 2.39. The van der Waals surface area contributed by atoms with Crippen molar-refractivity contribution in [3.8, 4) is 0 Å². The van der Waals surface area contributed by atoms with Gasteiger partial charge in [-0.05, 0) is 40.9 Å². The highest BCUT2D eigenvalue weighted by molar-refractivity contribution is 14.1. The number of halogens is 2. The van der Waals surface area contributed by atoms with Gasteiger partial charge in [0.1, 0.15) is 11.6 Å². The summed E-state index contributed by atoms with van der Waals surface area (Å²) >= 11 is 7.30. The van der Waals surface area contributed by atoms with Crippen LogP contribution in [0.5, 0.6) is 0 Å². The van der Waals surface area contributed by atoms with Crippen LogP contribution in [0.3, 0.4) is 0 Å². The number of hydrogen-bond donors (Lipinski definition) is 1. The number of fused-ring (bicyclic) bond motifs is 1. The van der Waals surface area contributed by atoms with Gasteiger partial charge < -0.3 is 14.1 Å². The lowest BCUT2D eigenvalue weighted by atomic mass is 10.3. The highest BCUT2D eigenvalue weighted by atomic mass is 127. The van der Waals surface area contributed by atoms with Gasteiger partial charge in [-0.3, -0.25) is 0 Å². The molecule has 1 aromatic carbocycles. The molecule has 0 aliphatic carbocycles. The van der Waals surface area contributed by atoms with Crippen LogP contribution in [0.15, 0.2) is 24.5 Å². The van der Waals surface area contributed by atoms with Gasteiger partial charge in [0.15, 0.2) is 4.77 Å². The van der Waals surface area contributed by atoms with E-state index in [0.29, 0.717) is 14.9 Å². The minimum absolute atomic E-state index is 0.224. The van der Waals surface area contributed by atoms with Crippen molar-refractivity contribution >= 4 is 45.8 Å². The van der Waals surface area contributed by atoms with Crippen molar-refractivity contribution in [3.63, 3.8) is 0 Å². The number of H-pyrrole nitrogens is 1. The van der Waals surface area contributed by atoms with E-state index in [4.69, 9.17) is 12.2 Å². The summed E-state index contributed by atoms with van der Waals surface area (Å²) in [6.45, 7) is 0.670. The Morgan fingerprint density at radius 1 is 1.45 bits per heavy atom. The number of aromatic nitrogens is 4. The first-order valence-electron chi connectivity index (χ1n) is 6.10. The SMILES string of the molecule is Cn1ccnc1CCn1c(=S)[nH]c2cc(I)c(F)cc21. The summed E-state index contributed by atoms with van der Waals surface area (Å²) in [7, 11) is 1.96. The highest BCUT2D eigenvalue weighted by Gasteiger charge is 2.09. The average Bonchev–Trinajstić information content (AvgIpc) is 2.92. The van der Waals surface area contributed by atoms with Crippen molar-refractivity contribution < 1.29 is 4.39 Å². The van der Waals surface area contributed by atoms with Gasteiger partial charge in [-0.15, -0.1) is 0 Å². The van der Waals surface area contributed by atoms with Crippen LogP contribution in [-0.2, 0) is 20.0 Å². The molecular formula is C13H12FIN4S. The molecule has 2 aromatic heterocycles. The van der Waals surface area contributed by atoms with Gasteiger partial charge in [-0.2, -0.15) is 0 Å². The second-order valence-corrected chi connectivity index (χ2v) is 6.12. The van der Waals surface area contributed by atoms with Crippen LogP contribution in [0.4, 0.5) is 4.39 Å². The van der Waals surface area contributed by atoms with Crippen molar-refractivity contribution in [1.82, 2.24) is 19.1 Å². The lowest BCUT2D eigenvalue weighted by Gasteiger charge is -2.05. The molecule has 0 radical (unpaired) electrons. The van der Waals surface area contributed by atoms with Crippen molar-refractivity contribution in [1.29, 1.82) is 0 Å². The maximum absolute atomic E-state index is 13.7. The Balaban J connectivity index is 1.99. The smallest absolute Gasteiger partial charge is 0.178 e. The zero-order valence-electron chi connectivity index (χ0n) is 10.7. The fraction of sp³-hybridized carbons (Fsp3) is 0.231. The van der Waals surface area contributed by atoms with Crippen LogP contribution in [0, 0.1) is 14.2 Å². The molecule has 3 aromatic rings. The molecule has 1 N–H and O–H groups in total. The first kappa shape index (κ1) is 13.7. The summed E-state index contributed by atoms with van der Waals surface area (Å²) in [6, 6.07) is 3.31. The number of nitrogens with one attached hydrogen (secondary N) is 1. The lowest BCUT2D eigenvalue weighted by Crippen LogP contribution is -2.05. The molecule has 104 valence electrons. The number of imidazole rings is 2. The molecule has 7 heteroatoms. The van der Waals surface area contributed by atoms with Crippen molar-refractivity contribution in [2.75, 3.05) is 0 Å². The van der Waals surface area contributed by atoms with E-state index in [1.54, 1.807) is 12.3 Å². The molecule has 0 amide bonds. The second kappa shape index (κ2) is 5.28. The Bertz CT molecular complexity index is 833. The molecule has 4 nitrogen and oxygen atoms in total. The molecule has 0 aliphatic rings. The molecular weight excluding hydrogens is 390 g/mol. The number of benzene rings is 1. The number of aromatic amines is 1. The molecule has 0 fully saturated rings. The maximum Gasteiger partial charge on any atom is 0.178 e. The quantitative estimate of drug-likeness (QED) is 0.539.